The lowest BCUT2D eigenvalue weighted by atomic mass is 10.1. The van der Waals surface area contributed by atoms with E-state index in [-0.39, 0.29) is 4.90 Å². The van der Waals surface area contributed by atoms with Gasteiger partial charge >= 0.3 is 0 Å². The summed E-state index contributed by atoms with van der Waals surface area (Å²) in [5, 5.41) is 0. The van der Waals surface area contributed by atoms with E-state index in [1.807, 2.05) is 12.1 Å². The summed E-state index contributed by atoms with van der Waals surface area (Å²) in [6.45, 7) is 2.12. The molecule has 0 aliphatic rings. The van der Waals surface area contributed by atoms with Gasteiger partial charge in [-0.25, -0.2) is 8.42 Å². The van der Waals surface area contributed by atoms with Gasteiger partial charge in [0.25, 0.3) is 15.9 Å². The van der Waals surface area contributed by atoms with Crippen molar-refractivity contribution in [3.8, 4) is 0 Å². The molecule has 0 atom stereocenters. The monoisotopic (exact) mass is 471 g/mol. The molecule has 0 saturated heterocycles. The number of carbonyl (C=O) groups is 1. The maximum atomic E-state index is 13.4. The molecule has 0 heterocycles. The molecular weight excluding hydrogens is 450 g/mol. The Morgan fingerprint density at radius 3 is 2.10 bits per heavy atom. The van der Waals surface area contributed by atoms with E-state index in [4.69, 9.17) is 0 Å². The molecule has 0 unspecified atom stereocenters. The summed E-state index contributed by atoms with van der Waals surface area (Å²) in [5.74, 6) is -0.595. The van der Waals surface area contributed by atoms with Crippen molar-refractivity contribution in [3.63, 3.8) is 0 Å². The third-order valence-corrected chi connectivity index (χ3v) is 6.80. The van der Waals surface area contributed by atoms with Crippen LogP contribution < -0.4 is 4.31 Å². The molecule has 0 N–H and O–H groups in total. The van der Waals surface area contributed by atoms with Crippen molar-refractivity contribution >= 4 is 37.5 Å². The third kappa shape index (κ3) is 4.95. The molecular formula is C23H22BrNO3S. The van der Waals surface area contributed by atoms with E-state index in [0.717, 1.165) is 33.6 Å². The molecule has 0 aliphatic heterocycles. The Hall–Kier alpha value is -2.44. The maximum absolute atomic E-state index is 13.4. The quantitative estimate of drug-likeness (QED) is 0.435. The van der Waals surface area contributed by atoms with E-state index < -0.39 is 15.9 Å². The highest BCUT2D eigenvalue weighted by molar-refractivity contribution is 9.10. The molecule has 0 bridgehead atoms. The first-order chi connectivity index (χ1) is 13.9. The molecule has 0 aromatic heterocycles. The summed E-state index contributed by atoms with van der Waals surface area (Å²) in [6, 6.07) is 21.8. The summed E-state index contributed by atoms with van der Waals surface area (Å²) in [7, 11) is -4.07. The zero-order valence-corrected chi connectivity index (χ0v) is 18.5. The Morgan fingerprint density at radius 2 is 1.52 bits per heavy atom. The molecule has 3 rings (SSSR count). The van der Waals surface area contributed by atoms with Gasteiger partial charge < -0.3 is 0 Å². The van der Waals surface area contributed by atoms with Crippen LogP contribution in [-0.2, 0) is 16.4 Å². The summed E-state index contributed by atoms with van der Waals surface area (Å²) < 4.78 is 28.4. The number of aryl methyl sites for hydroxylation is 1. The highest BCUT2D eigenvalue weighted by Gasteiger charge is 2.31. The molecule has 0 saturated carbocycles. The first-order valence-electron chi connectivity index (χ1n) is 9.42. The van der Waals surface area contributed by atoms with Crippen LogP contribution in [0.4, 0.5) is 5.69 Å². The van der Waals surface area contributed by atoms with Gasteiger partial charge in [0.2, 0.25) is 0 Å². The molecule has 150 valence electrons. The number of sulfonamides is 1. The lowest BCUT2D eigenvalue weighted by molar-refractivity contribution is 0.101. The number of carbonyl (C=O) groups excluding carboxylic acids is 1. The van der Waals surface area contributed by atoms with Gasteiger partial charge in [0, 0.05) is 10.0 Å². The number of hydrogen-bond acceptors (Lipinski definition) is 3. The van der Waals surface area contributed by atoms with Crippen LogP contribution in [0, 0.1) is 0 Å². The topological polar surface area (TPSA) is 54.5 Å². The molecule has 1 amide bonds. The number of rotatable bonds is 7. The third-order valence-electron chi connectivity index (χ3n) is 4.55. The minimum absolute atomic E-state index is 0.0699. The van der Waals surface area contributed by atoms with Crippen LogP contribution in [0.1, 0.15) is 35.7 Å². The molecule has 0 spiro atoms. The van der Waals surface area contributed by atoms with Gasteiger partial charge in [-0.1, -0.05) is 59.6 Å². The Bertz CT molecular complexity index is 1060. The van der Waals surface area contributed by atoms with Gasteiger partial charge in [-0.3, -0.25) is 4.79 Å². The number of amides is 1. The molecule has 4 nitrogen and oxygen atoms in total. The standard InChI is InChI=1S/C23H22BrNO3S/c1-2-3-7-18-10-16-21(17-11-18)25(23(26)19-12-14-20(24)15-13-19)29(27,28)22-8-5-4-6-9-22/h4-6,8-17H,2-3,7H2,1H3. The van der Waals surface area contributed by atoms with Crippen molar-refractivity contribution in [2.75, 3.05) is 4.31 Å². The zero-order valence-electron chi connectivity index (χ0n) is 16.1. The largest absolute Gasteiger partial charge is 0.272 e. The summed E-state index contributed by atoms with van der Waals surface area (Å²) in [6.07, 6.45) is 3.06. The van der Waals surface area contributed by atoms with Crippen LogP contribution in [0.2, 0.25) is 0 Å². The number of benzene rings is 3. The van der Waals surface area contributed by atoms with Gasteiger partial charge in [0.05, 0.1) is 10.6 Å². The SMILES string of the molecule is CCCCc1ccc(N(C(=O)c2ccc(Br)cc2)S(=O)(=O)c2ccccc2)cc1. The second kappa shape index (κ2) is 9.37. The number of nitrogens with zero attached hydrogens (tertiary/aromatic N) is 1. The molecule has 29 heavy (non-hydrogen) atoms. The van der Waals surface area contributed by atoms with E-state index in [0.29, 0.717) is 11.3 Å². The Balaban J connectivity index is 2.06. The highest BCUT2D eigenvalue weighted by atomic mass is 79.9. The molecule has 3 aromatic rings. The van der Waals surface area contributed by atoms with E-state index in [2.05, 4.69) is 22.9 Å². The molecule has 6 heteroatoms. The van der Waals surface area contributed by atoms with Gasteiger partial charge in [0.15, 0.2) is 0 Å². The van der Waals surface area contributed by atoms with Crippen LogP contribution in [-0.4, -0.2) is 14.3 Å². The van der Waals surface area contributed by atoms with Gasteiger partial charge in [-0.2, -0.15) is 4.31 Å². The number of unbranched alkanes of at least 4 members (excludes halogenated alkanes) is 1. The average Bonchev–Trinajstić information content (AvgIpc) is 2.74. The van der Waals surface area contributed by atoms with Gasteiger partial charge in [-0.15, -0.1) is 0 Å². The van der Waals surface area contributed by atoms with Crippen molar-refractivity contribution in [1.29, 1.82) is 0 Å². The molecule has 0 fully saturated rings. The van der Waals surface area contributed by atoms with Crippen molar-refractivity contribution in [1.82, 2.24) is 0 Å². The minimum atomic E-state index is -4.07. The summed E-state index contributed by atoms with van der Waals surface area (Å²) in [4.78, 5) is 13.3. The normalized spacial score (nSPS) is 11.2. The van der Waals surface area contributed by atoms with Crippen molar-refractivity contribution in [2.45, 2.75) is 31.1 Å². The van der Waals surface area contributed by atoms with E-state index in [1.165, 1.54) is 12.1 Å². The lowest BCUT2D eigenvalue weighted by Gasteiger charge is -2.23. The van der Waals surface area contributed by atoms with Gasteiger partial charge in [0.1, 0.15) is 0 Å². The van der Waals surface area contributed by atoms with Crippen LogP contribution in [0.15, 0.2) is 88.2 Å². The number of halogens is 1. The summed E-state index contributed by atoms with van der Waals surface area (Å²) in [5.41, 5.74) is 1.73. The second-order valence-corrected chi connectivity index (χ2v) is 9.37. The number of hydrogen-bond donors (Lipinski definition) is 0. The first-order valence-corrected chi connectivity index (χ1v) is 11.7. The van der Waals surface area contributed by atoms with Crippen LogP contribution in [0.3, 0.4) is 0 Å². The van der Waals surface area contributed by atoms with E-state index >= 15 is 0 Å². The average molecular weight is 472 g/mol. The Kier molecular flexibility index (Phi) is 6.87. The minimum Gasteiger partial charge on any atom is -0.268 e. The van der Waals surface area contributed by atoms with E-state index in [1.54, 1.807) is 54.6 Å². The van der Waals surface area contributed by atoms with Crippen LogP contribution in [0.25, 0.3) is 0 Å². The van der Waals surface area contributed by atoms with Crippen molar-refractivity contribution in [2.24, 2.45) is 0 Å². The highest BCUT2D eigenvalue weighted by Crippen LogP contribution is 2.27. The molecule has 3 aromatic carbocycles. The smallest absolute Gasteiger partial charge is 0.268 e. The lowest BCUT2D eigenvalue weighted by Crippen LogP contribution is -2.37. The summed E-state index contributed by atoms with van der Waals surface area (Å²) >= 11 is 3.34. The first kappa shape index (κ1) is 21.3. The maximum Gasteiger partial charge on any atom is 0.272 e. The zero-order chi connectivity index (χ0) is 20.9. The Labute approximate surface area is 180 Å². The molecule has 0 aliphatic carbocycles. The van der Waals surface area contributed by atoms with Gasteiger partial charge in [-0.05, 0) is 66.9 Å². The second-order valence-electron chi connectivity index (χ2n) is 6.66. The predicted molar refractivity (Wildman–Crippen MR) is 120 cm³/mol. The van der Waals surface area contributed by atoms with Crippen LogP contribution in [0.5, 0.6) is 0 Å². The van der Waals surface area contributed by atoms with Crippen molar-refractivity contribution in [3.05, 3.63) is 94.5 Å². The molecule has 0 radical (unpaired) electrons. The van der Waals surface area contributed by atoms with Crippen LogP contribution >= 0.6 is 15.9 Å². The fourth-order valence-electron chi connectivity index (χ4n) is 2.95. The fourth-order valence-corrected chi connectivity index (χ4v) is 4.65. The predicted octanol–water partition coefficient (Wildman–Crippen LogP) is 5.83. The fraction of sp³-hybridized carbons (Fsp3) is 0.174. The number of anilines is 1. The van der Waals surface area contributed by atoms with E-state index in [9.17, 15) is 13.2 Å². The van der Waals surface area contributed by atoms with Crippen molar-refractivity contribution < 1.29 is 13.2 Å². The Morgan fingerprint density at radius 1 is 0.897 bits per heavy atom.